The average Bonchev–Trinajstić information content (AvgIpc) is 3.02. The molecule has 1 aromatic rings. The molecule has 0 spiro atoms. The maximum atomic E-state index is 5.85. The Labute approximate surface area is 98.4 Å². The van der Waals surface area contributed by atoms with Gasteiger partial charge >= 0.3 is 0 Å². The minimum atomic E-state index is 0.764. The van der Waals surface area contributed by atoms with Crippen molar-refractivity contribution in [3.05, 3.63) is 24.3 Å². The molecule has 1 fully saturated rings. The van der Waals surface area contributed by atoms with E-state index in [0.29, 0.717) is 0 Å². The fourth-order valence-corrected chi connectivity index (χ4v) is 2.01. The van der Waals surface area contributed by atoms with Crippen LogP contribution in [0.3, 0.4) is 0 Å². The van der Waals surface area contributed by atoms with Crippen LogP contribution in [-0.2, 0) is 0 Å². The molecule has 2 nitrogen and oxygen atoms in total. The number of nitrogens with two attached hydrogens (primary N) is 1. The predicted octanol–water partition coefficient (Wildman–Crippen LogP) is 3.28. The van der Waals surface area contributed by atoms with Crippen LogP contribution in [0.2, 0.25) is 0 Å². The van der Waals surface area contributed by atoms with Gasteiger partial charge in [-0.2, -0.15) is 0 Å². The number of hydrogen-bond acceptors (Lipinski definition) is 2. The molecule has 0 aromatic heterocycles. The molecule has 2 heteroatoms. The lowest BCUT2D eigenvalue weighted by molar-refractivity contribution is 0.571. The van der Waals surface area contributed by atoms with Crippen molar-refractivity contribution in [2.45, 2.75) is 39.2 Å². The molecule has 0 radical (unpaired) electrons. The van der Waals surface area contributed by atoms with Gasteiger partial charge in [0.25, 0.3) is 0 Å². The number of anilines is 2. The highest BCUT2D eigenvalue weighted by molar-refractivity contribution is 5.57. The molecule has 0 heterocycles. The smallest absolute Gasteiger partial charge is 0.0389 e. The Morgan fingerprint density at radius 3 is 2.69 bits per heavy atom. The van der Waals surface area contributed by atoms with Gasteiger partial charge < -0.3 is 10.6 Å². The molecular weight excluding hydrogens is 196 g/mol. The van der Waals surface area contributed by atoms with Crippen molar-refractivity contribution in [3.8, 4) is 0 Å². The third kappa shape index (κ3) is 2.91. The number of rotatable bonds is 5. The van der Waals surface area contributed by atoms with Crippen LogP contribution in [0.1, 0.15) is 33.1 Å². The summed E-state index contributed by atoms with van der Waals surface area (Å²) in [6.45, 7) is 5.72. The summed E-state index contributed by atoms with van der Waals surface area (Å²) in [4.78, 5) is 2.52. The third-order valence-electron chi connectivity index (χ3n) is 3.14. The summed E-state index contributed by atoms with van der Waals surface area (Å²) in [6.07, 6.45) is 3.94. The first-order valence-corrected chi connectivity index (χ1v) is 6.29. The van der Waals surface area contributed by atoms with Crippen molar-refractivity contribution >= 4 is 11.4 Å². The van der Waals surface area contributed by atoms with Crippen molar-refractivity contribution < 1.29 is 0 Å². The lowest BCUT2D eigenvalue weighted by atomic mass is 10.1. The summed E-state index contributed by atoms with van der Waals surface area (Å²) < 4.78 is 0. The lowest BCUT2D eigenvalue weighted by Crippen LogP contribution is -2.27. The van der Waals surface area contributed by atoms with E-state index in [1.165, 1.54) is 24.9 Å². The van der Waals surface area contributed by atoms with Gasteiger partial charge in [-0.1, -0.05) is 19.9 Å². The highest BCUT2D eigenvalue weighted by Gasteiger charge is 2.28. The Bertz CT molecular complexity index is 342. The highest BCUT2D eigenvalue weighted by atomic mass is 15.2. The van der Waals surface area contributed by atoms with Gasteiger partial charge in [0, 0.05) is 24.0 Å². The Morgan fingerprint density at radius 1 is 1.38 bits per heavy atom. The van der Waals surface area contributed by atoms with E-state index in [2.05, 4.69) is 36.9 Å². The van der Waals surface area contributed by atoms with Gasteiger partial charge in [0.15, 0.2) is 0 Å². The topological polar surface area (TPSA) is 29.3 Å². The molecule has 0 unspecified atom stereocenters. The summed E-state index contributed by atoms with van der Waals surface area (Å²) in [6, 6.07) is 9.04. The summed E-state index contributed by atoms with van der Waals surface area (Å²) >= 11 is 0. The van der Waals surface area contributed by atoms with E-state index in [-0.39, 0.29) is 0 Å². The van der Waals surface area contributed by atoms with Gasteiger partial charge in [0.05, 0.1) is 0 Å². The minimum absolute atomic E-state index is 0.764. The fraction of sp³-hybridized carbons (Fsp3) is 0.571. The summed E-state index contributed by atoms with van der Waals surface area (Å²) in [5, 5.41) is 0. The van der Waals surface area contributed by atoms with Gasteiger partial charge in [-0.25, -0.2) is 0 Å². The summed E-state index contributed by atoms with van der Waals surface area (Å²) in [7, 11) is 0. The van der Waals surface area contributed by atoms with Crippen molar-refractivity contribution in [1.82, 2.24) is 0 Å². The van der Waals surface area contributed by atoms with Gasteiger partial charge in [-0.3, -0.25) is 0 Å². The van der Waals surface area contributed by atoms with Gasteiger partial charge in [0.2, 0.25) is 0 Å². The van der Waals surface area contributed by atoms with E-state index in [4.69, 9.17) is 5.73 Å². The monoisotopic (exact) mass is 218 g/mol. The van der Waals surface area contributed by atoms with E-state index < -0.39 is 0 Å². The molecule has 1 aromatic carbocycles. The van der Waals surface area contributed by atoms with E-state index in [0.717, 1.165) is 24.2 Å². The maximum Gasteiger partial charge on any atom is 0.0389 e. The molecule has 0 aliphatic heterocycles. The quantitative estimate of drug-likeness (QED) is 0.768. The molecule has 1 aliphatic carbocycles. The van der Waals surface area contributed by atoms with E-state index in [1.54, 1.807) is 0 Å². The van der Waals surface area contributed by atoms with Crippen molar-refractivity contribution in [3.63, 3.8) is 0 Å². The predicted molar refractivity (Wildman–Crippen MR) is 70.7 cm³/mol. The average molecular weight is 218 g/mol. The van der Waals surface area contributed by atoms with Gasteiger partial charge in [-0.15, -0.1) is 0 Å². The molecule has 0 atom stereocenters. The Balaban J connectivity index is 2.06. The number of benzene rings is 1. The second-order valence-corrected chi connectivity index (χ2v) is 5.20. The van der Waals surface area contributed by atoms with Crippen LogP contribution in [-0.4, -0.2) is 12.6 Å². The lowest BCUT2D eigenvalue weighted by Gasteiger charge is -2.25. The van der Waals surface area contributed by atoms with Crippen LogP contribution < -0.4 is 10.6 Å². The molecule has 0 saturated heterocycles. The minimum Gasteiger partial charge on any atom is -0.399 e. The largest absolute Gasteiger partial charge is 0.399 e. The van der Waals surface area contributed by atoms with E-state index in [9.17, 15) is 0 Å². The first-order valence-electron chi connectivity index (χ1n) is 6.29. The second kappa shape index (κ2) is 4.77. The molecule has 0 amide bonds. The summed E-state index contributed by atoms with van der Waals surface area (Å²) in [5.74, 6) is 0.766. The molecule has 16 heavy (non-hydrogen) atoms. The first-order chi connectivity index (χ1) is 7.66. The molecule has 2 rings (SSSR count). The highest BCUT2D eigenvalue weighted by Crippen LogP contribution is 2.32. The van der Waals surface area contributed by atoms with Gasteiger partial charge in [-0.05, 0) is 43.4 Å². The normalized spacial score (nSPS) is 15.4. The van der Waals surface area contributed by atoms with Crippen LogP contribution in [0.5, 0.6) is 0 Å². The fourth-order valence-electron chi connectivity index (χ4n) is 2.01. The first kappa shape index (κ1) is 11.3. The Hall–Kier alpha value is -1.18. The molecule has 1 saturated carbocycles. The Kier molecular flexibility index (Phi) is 3.37. The van der Waals surface area contributed by atoms with E-state index >= 15 is 0 Å². The zero-order valence-electron chi connectivity index (χ0n) is 10.3. The summed E-state index contributed by atoms with van der Waals surface area (Å²) in [5.41, 5.74) is 8.01. The Morgan fingerprint density at radius 2 is 2.12 bits per heavy atom. The number of hydrogen-bond donors (Lipinski definition) is 1. The third-order valence-corrected chi connectivity index (χ3v) is 3.14. The van der Waals surface area contributed by atoms with Crippen LogP contribution >= 0.6 is 0 Å². The standard InChI is InChI=1S/C14H22N2/c1-11(2)8-9-16(13-6-7-13)14-5-3-4-12(15)10-14/h3-5,10-11,13H,6-9,15H2,1-2H3. The van der Waals surface area contributed by atoms with Crippen molar-refractivity contribution in [2.75, 3.05) is 17.2 Å². The molecule has 88 valence electrons. The van der Waals surface area contributed by atoms with Crippen LogP contribution in [0.25, 0.3) is 0 Å². The van der Waals surface area contributed by atoms with Crippen LogP contribution in [0, 0.1) is 5.92 Å². The molecular formula is C14H22N2. The molecule has 1 aliphatic rings. The molecule has 2 N–H and O–H groups in total. The van der Waals surface area contributed by atoms with Gasteiger partial charge in [0.1, 0.15) is 0 Å². The zero-order valence-corrected chi connectivity index (χ0v) is 10.3. The zero-order chi connectivity index (χ0) is 11.5. The second-order valence-electron chi connectivity index (χ2n) is 5.20. The van der Waals surface area contributed by atoms with Crippen molar-refractivity contribution in [2.24, 2.45) is 5.92 Å². The van der Waals surface area contributed by atoms with Crippen LogP contribution in [0.15, 0.2) is 24.3 Å². The van der Waals surface area contributed by atoms with Crippen LogP contribution in [0.4, 0.5) is 11.4 Å². The van der Waals surface area contributed by atoms with E-state index in [1.807, 2.05) is 6.07 Å². The molecule has 0 bridgehead atoms. The maximum absolute atomic E-state index is 5.85. The number of nitrogens with zero attached hydrogens (tertiary/aromatic N) is 1. The van der Waals surface area contributed by atoms with Crippen molar-refractivity contribution in [1.29, 1.82) is 0 Å². The SMILES string of the molecule is CC(C)CCN(c1cccc(N)c1)C1CC1. The number of nitrogen functional groups attached to an aromatic ring is 1.